The van der Waals surface area contributed by atoms with E-state index in [9.17, 15) is 37.3 Å². The predicted molar refractivity (Wildman–Crippen MR) is 159 cm³/mol. The minimum Gasteiger partial charge on any atom is -0.391 e. The summed E-state index contributed by atoms with van der Waals surface area (Å²) in [4.78, 5) is 4.62. The van der Waals surface area contributed by atoms with Crippen LogP contribution in [0.5, 0.6) is 0 Å². The van der Waals surface area contributed by atoms with Gasteiger partial charge >= 0.3 is 0 Å². The summed E-state index contributed by atoms with van der Waals surface area (Å²) in [5, 5.41) is 38.1. The van der Waals surface area contributed by atoms with Gasteiger partial charge in [0, 0.05) is 37.9 Å². The standard InChI is InChI=1S/C32H36F5N3O5S/c1-16(41)27-28(44-2)25(40-15-19(14-39-40)18-12-21(33)23(35)22(34)13-18)26(42)30(45-27)46-29(31(43)7-9-32(36,37)10-8-31)24-20(17-5-6-17)4-3-11-38-24/h3-4,11-17,25-30,41-43H,5-10H2,1-2H3/t16?,25?,26?,27?,28-,29-,30+/m1/s1. The van der Waals surface area contributed by atoms with Crippen molar-refractivity contribution in [1.82, 2.24) is 14.8 Å². The first-order chi connectivity index (χ1) is 21.8. The molecule has 3 heterocycles. The lowest BCUT2D eigenvalue weighted by atomic mass is 9.78. The Labute approximate surface area is 266 Å². The summed E-state index contributed by atoms with van der Waals surface area (Å²) in [6.45, 7) is 1.49. The second-order valence-corrected chi connectivity index (χ2v) is 13.8. The SMILES string of the molecule is CO[C@H]1C(C(C)O)O[C@@H](S[C@H](c2ncccc2C2CC2)C2(O)CCC(F)(F)CC2)C(O)C1n1cc(-c2cc(F)c(F)c(F)c2)cn1. The summed E-state index contributed by atoms with van der Waals surface area (Å²) >= 11 is 1.05. The van der Waals surface area contributed by atoms with Gasteiger partial charge in [0.05, 0.1) is 28.8 Å². The fraction of sp³-hybridized carbons (Fsp3) is 0.562. The number of benzene rings is 1. The summed E-state index contributed by atoms with van der Waals surface area (Å²) in [7, 11) is 1.37. The van der Waals surface area contributed by atoms with E-state index in [0.717, 1.165) is 42.3 Å². The van der Waals surface area contributed by atoms with Crippen LogP contribution in [0.15, 0.2) is 42.9 Å². The molecule has 0 amide bonds. The number of aliphatic hydroxyl groups is 3. The fourth-order valence-corrected chi connectivity index (χ4v) is 8.19. The molecule has 4 unspecified atom stereocenters. The molecule has 14 heteroatoms. The van der Waals surface area contributed by atoms with Gasteiger partial charge in [0.2, 0.25) is 5.92 Å². The van der Waals surface area contributed by atoms with Gasteiger partial charge in [-0.3, -0.25) is 9.67 Å². The van der Waals surface area contributed by atoms with Crippen LogP contribution in [0.3, 0.4) is 0 Å². The van der Waals surface area contributed by atoms with Gasteiger partial charge in [0.15, 0.2) is 17.5 Å². The average Bonchev–Trinajstić information content (AvgIpc) is 3.76. The van der Waals surface area contributed by atoms with Crippen LogP contribution < -0.4 is 0 Å². The van der Waals surface area contributed by atoms with Crippen molar-refractivity contribution in [3.63, 3.8) is 0 Å². The fourth-order valence-electron chi connectivity index (χ4n) is 6.60. The van der Waals surface area contributed by atoms with Crippen molar-refractivity contribution in [2.75, 3.05) is 7.11 Å². The first-order valence-electron chi connectivity index (χ1n) is 15.3. The van der Waals surface area contributed by atoms with E-state index in [2.05, 4.69) is 10.1 Å². The zero-order chi connectivity index (χ0) is 33.0. The van der Waals surface area contributed by atoms with E-state index in [4.69, 9.17) is 9.47 Å². The van der Waals surface area contributed by atoms with Crippen molar-refractivity contribution < 1.29 is 46.7 Å². The molecule has 7 atom stereocenters. The summed E-state index contributed by atoms with van der Waals surface area (Å²) in [6.07, 6.45) is 0.265. The van der Waals surface area contributed by atoms with Gasteiger partial charge < -0.3 is 24.8 Å². The van der Waals surface area contributed by atoms with Gasteiger partial charge in [-0.2, -0.15) is 5.10 Å². The van der Waals surface area contributed by atoms with E-state index >= 15 is 0 Å². The van der Waals surface area contributed by atoms with Gasteiger partial charge in [-0.25, -0.2) is 22.0 Å². The Morgan fingerprint density at radius 2 is 1.76 bits per heavy atom. The Hall–Kier alpha value is -2.62. The van der Waals surface area contributed by atoms with Crippen molar-refractivity contribution >= 4 is 11.8 Å². The second kappa shape index (κ2) is 12.8. The third-order valence-electron chi connectivity index (χ3n) is 9.29. The third kappa shape index (κ3) is 6.44. The van der Waals surface area contributed by atoms with Crippen LogP contribution in [0.1, 0.15) is 73.9 Å². The molecule has 2 aromatic heterocycles. The predicted octanol–water partition coefficient (Wildman–Crippen LogP) is 5.68. The number of hydrogen-bond acceptors (Lipinski definition) is 8. The normalized spacial score (nSPS) is 29.0. The van der Waals surface area contributed by atoms with Gasteiger partial charge in [-0.1, -0.05) is 6.07 Å². The lowest BCUT2D eigenvalue weighted by Crippen LogP contribution is -2.58. The molecular formula is C32H36F5N3O5S. The highest BCUT2D eigenvalue weighted by atomic mass is 32.2. The summed E-state index contributed by atoms with van der Waals surface area (Å²) in [6, 6.07) is 4.35. The lowest BCUT2D eigenvalue weighted by Gasteiger charge is -2.48. The van der Waals surface area contributed by atoms with Crippen LogP contribution >= 0.6 is 11.8 Å². The summed E-state index contributed by atoms with van der Waals surface area (Å²) < 4.78 is 83.5. The Balaban J connectivity index is 1.37. The van der Waals surface area contributed by atoms with Gasteiger partial charge in [0.1, 0.15) is 29.8 Å². The number of nitrogens with zero attached hydrogens (tertiary/aromatic N) is 3. The quantitative estimate of drug-likeness (QED) is 0.197. The Kier molecular flexibility index (Phi) is 9.24. The van der Waals surface area contributed by atoms with Crippen LogP contribution in [0.25, 0.3) is 11.1 Å². The topological polar surface area (TPSA) is 110 Å². The molecular weight excluding hydrogens is 633 g/mol. The van der Waals surface area contributed by atoms with Crippen LogP contribution in [-0.2, 0) is 9.47 Å². The minimum atomic E-state index is -2.91. The molecule has 3 aliphatic rings. The third-order valence-corrected chi connectivity index (χ3v) is 10.9. The van der Waals surface area contributed by atoms with E-state index in [0.29, 0.717) is 5.69 Å². The maximum atomic E-state index is 14.3. The molecule has 3 aromatic rings. The van der Waals surface area contributed by atoms with E-state index in [1.807, 2.05) is 6.07 Å². The molecule has 3 fully saturated rings. The van der Waals surface area contributed by atoms with E-state index in [1.165, 1.54) is 31.1 Å². The number of thioether (sulfide) groups is 1. The van der Waals surface area contributed by atoms with Gasteiger partial charge in [-0.05, 0) is 67.9 Å². The number of hydrogen-bond donors (Lipinski definition) is 3. The Morgan fingerprint density at radius 3 is 2.37 bits per heavy atom. The number of rotatable bonds is 9. The molecule has 8 nitrogen and oxygen atoms in total. The highest BCUT2D eigenvalue weighted by Gasteiger charge is 2.54. The molecule has 1 aliphatic heterocycles. The van der Waals surface area contributed by atoms with Crippen LogP contribution in [0, 0.1) is 17.5 Å². The zero-order valence-corrected chi connectivity index (χ0v) is 26.0. The number of aliphatic hydroxyl groups excluding tert-OH is 2. The Morgan fingerprint density at radius 1 is 1.09 bits per heavy atom. The molecule has 3 N–H and O–H groups in total. The number of ether oxygens (including phenoxy) is 2. The smallest absolute Gasteiger partial charge is 0.248 e. The van der Waals surface area contributed by atoms with Crippen molar-refractivity contribution in [3.8, 4) is 11.1 Å². The average molecular weight is 670 g/mol. The van der Waals surface area contributed by atoms with E-state index in [-0.39, 0.29) is 29.9 Å². The molecule has 6 rings (SSSR count). The molecule has 46 heavy (non-hydrogen) atoms. The maximum absolute atomic E-state index is 14.3. The van der Waals surface area contributed by atoms with Crippen LogP contribution in [-0.4, -0.2) is 78.6 Å². The highest BCUT2D eigenvalue weighted by molar-refractivity contribution is 8.00. The van der Waals surface area contributed by atoms with Crippen molar-refractivity contribution in [2.45, 2.75) is 104 Å². The van der Waals surface area contributed by atoms with Gasteiger partial charge in [0.25, 0.3) is 0 Å². The molecule has 0 spiro atoms. The molecule has 1 aromatic carbocycles. The molecule has 1 saturated heterocycles. The number of aromatic nitrogens is 3. The number of alkyl halides is 2. The largest absolute Gasteiger partial charge is 0.391 e. The minimum absolute atomic E-state index is 0.00955. The molecule has 0 radical (unpaired) electrons. The highest BCUT2D eigenvalue weighted by Crippen LogP contribution is 2.55. The van der Waals surface area contributed by atoms with E-state index in [1.54, 1.807) is 12.3 Å². The molecule has 250 valence electrons. The molecule has 2 saturated carbocycles. The van der Waals surface area contributed by atoms with Gasteiger partial charge in [-0.15, -0.1) is 11.8 Å². The van der Waals surface area contributed by atoms with E-state index < -0.39 is 83.0 Å². The molecule has 0 bridgehead atoms. The first kappa shape index (κ1) is 33.3. The number of halogens is 5. The second-order valence-electron chi connectivity index (χ2n) is 12.6. The number of pyridine rings is 1. The zero-order valence-electron chi connectivity index (χ0n) is 25.2. The van der Waals surface area contributed by atoms with Crippen molar-refractivity contribution in [2.24, 2.45) is 0 Å². The van der Waals surface area contributed by atoms with Crippen LogP contribution in [0.4, 0.5) is 22.0 Å². The Bertz CT molecular complexity index is 1520. The van der Waals surface area contributed by atoms with Crippen molar-refractivity contribution in [1.29, 1.82) is 0 Å². The first-order valence-corrected chi connectivity index (χ1v) is 16.2. The van der Waals surface area contributed by atoms with Crippen molar-refractivity contribution in [3.05, 3.63) is 71.6 Å². The summed E-state index contributed by atoms with van der Waals surface area (Å²) in [5.74, 6) is -7.05. The monoisotopic (exact) mass is 669 g/mol. The summed E-state index contributed by atoms with van der Waals surface area (Å²) in [5.41, 5.74) is -1.05. The lowest BCUT2D eigenvalue weighted by molar-refractivity contribution is -0.202. The molecule has 2 aliphatic carbocycles. The maximum Gasteiger partial charge on any atom is 0.248 e. The van der Waals surface area contributed by atoms with Crippen LogP contribution in [0.2, 0.25) is 0 Å². The number of methoxy groups -OCH3 is 1.